The molecular weight excluding hydrogens is 282 g/mol. The number of fused-ring (bicyclic) bond motifs is 1. The fourth-order valence-corrected chi connectivity index (χ4v) is 3.43. The molecule has 1 aliphatic carbocycles. The zero-order valence-corrected chi connectivity index (χ0v) is 13.0. The minimum Gasteiger partial charge on any atom is -0.352 e. The van der Waals surface area contributed by atoms with Crippen LogP contribution < -0.4 is 5.32 Å². The summed E-state index contributed by atoms with van der Waals surface area (Å²) in [7, 11) is 0. The largest absolute Gasteiger partial charge is 0.352 e. The van der Waals surface area contributed by atoms with Gasteiger partial charge < -0.3 is 5.32 Å². The van der Waals surface area contributed by atoms with E-state index >= 15 is 0 Å². The van der Waals surface area contributed by atoms with E-state index in [0.717, 1.165) is 48.5 Å². The van der Waals surface area contributed by atoms with Crippen LogP contribution in [0.3, 0.4) is 0 Å². The highest BCUT2D eigenvalue weighted by Gasteiger charge is 2.15. The standard InChI is InChI=1S/C16H19N3OS/c1-11-10-21-15(19-11)6-3-7-17-16(20)13-8-12-4-2-5-14(12)18-9-13/h8-10H,2-7H2,1H3,(H,17,20). The maximum atomic E-state index is 12.1. The van der Waals surface area contributed by atoms with Gasteiger partial charge in [-0.3, -0.25) is 9.78 Å². The van der Waals surface area contributed by atoms with E-state index in [-0.39, 0.29) is 5.91 Å². The predicted octanol–water partition coefficient (Wildman–Crippen LogP) is 2.70. The second-order valence-electron chi connectivity index (χ2n) is 5.43. The average molecular weight is 301 g/mol. The van der Waals surface area contributed by atoms with Crippen molar-refractivity contribution in [3.8, 4) is 0 Å². The quantitative estimate of drug-likeness (QED) is 0.864. The monoisotopic (exact) mass is 301 g/mol. The second-order valence-corrected chi connectivity index (χ2v) is 6.37. The van der Waals surface area contributed by atoms with Gasteiger partial charge in [-0.1, -0.05) is 0 Å². The Bertz CT molecular complexity index is 651. The molecule has 0 aromatic carbocycles. The summed E-state index contributed by atoms with van der Waals surface area (Å²) >= 11 is 1.68. The van der Waals surface area contributed by atoms with Crippen molar-refractivity contribution in [1.29, 1.82) is 0 Å². The van der Waals surface area contributed by atoms with Crippen LogP contribution in [0.2, 0.25) is 0 Å². The molecular formula is C16H19N3OS. The maximum absolute atomic E-state index is 12.1. The minimum absolute atomic E-state index is 0.0208. The third-order valence-corrected chi connectivity index (χ3v) is 4.73. The van der Waals surface area contributed by atoms with Crippen LogP contribution in [-0.4, -0.2) is 22.4 Å². The molecule has 2 aromatic rings. The molecule has 0 saturated heterocycles. The van der Waals surface area contributed by atoms with Crippen LogP contribution in [0.25, 0.3) is 0 Å². The number of hydrogen-bond acceptors (Lipinski definition) is 4. The molecule has 21 heavy (non-hydrogen) atoms. The normalized spacial score (nSPS) is 13.2. The van der Waals surface area contributed by atoms with Gasteiger partial charge in [0, 0.05) is 35.9 Å². The molecule has 0 fully saturated rings. The van der Waals surface area contributed by atoms with Crippen LogP contribution in [-0.2, 0) is 19.3 Å². The van der Waals surface area contributed by atoms with Crippen molar-refractivity contribution >= 4 is 17.2 Å². The number of amides is 1. The van der Waals surface area contributed by atoms with E-state index in [1.807, 2.05) is 13.0 Å². The lowest BCUT2D eigenvalue weighted by Gasteiger charge is -2.06. The van der Waals surface area contributed by atoms with Gasteiger partial charge >= 0.3 is 0 Å². The van der Waals surface area contributed by atoms with Crippen LogP contribution >= 0.6 is 11.3 Å². The Balaban J connectivity index is 1.48. The van der Waals surface area contributed by atoms with Gasteiger partial charge in [-0.15, -0.1) is 11.3 Å². The van der Waals surface area contributed by atoms with Crippen molar-refractivity contribution in [3.05, 3.63) is 45.2 Å². The SMILES string of the molecule is Cc1csc(CCCNC(=O)c2cnc3c(c2)CCC3)n1. The van der Waals surface area contributed by atoms with E-state index in [2.05, 4.69) is 20.7 Å². The van der Waals surface area contributed by atoms with Gasteiger partial charge in [0.1, 0.15) is 0 Å². The van der Waals surface area contributed by atoms with E-state index in [0.29, 0.717) is 12.1 Å². The molecule has 110 valence electrons. The Kier molecular flexibility index (Phi) is 4.29. The summed E-state index contributed by atoms with van der Waals surface area (Å²) in [5.74, 6) is -0.0208. The Hall–Kier alpha value is -1.75. The highest BCUT2D eigenvalue weighted by atomic mass is 32.1. The first kappa shape index (κ1) is 14.2. The highest BCUT2D eigenvalue weighted by molar-refractivity contribution is 7.09. The molecule has 0 spiro atoms. The number of hydrogen-bond donors (Lipinski definition) is 1. The summed E-state index contributed by atoms with van der Waals surface area (Å²) in [5, 5.41) is 6.16. The molecule has 0 atom stereocenters. The zero-order valence-electron chi connectivity index (χ0n) is 12.2. The van der Waals surface area contributed by atoms with Crippen LogP contribution in [0.15, 0.2) is 17.6 Å². The Labute approximate surface area is 128 Å². The first-order chi connectivity index (χ1) is 10.2. The van der Waals surface area contributed by atoms with Gasteiger partial charge in [-0.05, 0) is 44.2 Å². The number of carbonyl (C=O) groups is 1. The smallest absolute Gasteiger partial charge is 0.252 e. The van der Waals surface area contributed by atoms with E-state index in [1.165, 1.54) is 5.56 Å². The summed E-state index contributed by atoms with van der Waals surface area (Å²) in [5.41, 5.74) is 4.15. The highest BCUT2D eigenvalue weighted by Crippen LogP contribution is 2.20. The molecule has 0 aliphatic heterocycles. The van der Waals surface area contributed by atoms with Gasteiger partial charge in [0.2, 0.25) is 0 Å². The molecule has 0 bridgehead atoms. The minimum atomic E-state index is -0.0208. The Morgan fingerprint density at radius 2 is 2.33 bits per heavy atom. The summed E-state index contributed by atoms with van der Waals surface area (Å²) in [6, 6.07) is 1.99. The predicted molar refractivity (Wildman–Crippen MR) is 83.8 cm³/mol. The number of nitrogens with zero attached hydrogens (tertiary/aromatic N) is 2. The number of nitrogens with one attached hydrogen (secondary N) is 1. The van der Waals surface area contributed by atoms with Gasteiger partial charge in [-0.2, -0.15) is 0 Å². The molecule has 4 nitrogen and oxygen atoms in total. The molecule has 1 amide bonds. The lowest BCUT2D eigenvalue weighted by atomic mass is 10.1. The molecule has 0 radical (unpaired) electrons. The van der Waals surface area contributed by atoms with Crippen molar-refractivity contribution in [2.75, 3.05) is 6.54 Å². The first-order valence-electron chi connectivity index (χ1n) is 7.39. The Morgan fingerprint density at radius 1 is 1.43 bits per heavy atom. The van der Waals surface area contributed by atoms with Gasteiger partial charge in [-0.25, -0.2) is 4.98 Å². The molecule has 1 aliphatic rings. The number of thiazole rings is 1. The molecule has 1 N–H and O–H groups in total. The average Bonchev–Trinajstić information content (AvgIpc) is 3.11. The molecule has 5 heteroatoms. The third-order valence-electron chi connectivity index (χ3n) is 3.70. The molecule has 0 saturated carbocycles. The fraction of sp³-hybridized carbons (Fsp3) is 0.438. The number of carbonyl (C=O) groups excluding carboxylic acids is 1. The number of aryl methyl sites for hydroxylation is 4. The van der Waals surface area contributed by atoms with Crippen molar-refractivity contribution in [3.63, 3.8) is 0 Å². The first-order valence-corrected chi connectivity index (χ1v) is 8.27. The number of aromatic nitrogens is 2. The number of pyridine rings is 1. The third kappa shape index (κ3) is 3.47. The van der Waals surface area contributed by atoms with Crippen LogP contribution in [0, 0.1) is 6.92 Å². The summed E-state index contributed by atoms with van der Waals surface area (Å²) in [4.78, 5) is 20.9. The summed E-state index contributed by atoms with van der Waals surface area (Å²) < 4.78 is 0. The van der Waals surface area contributed by atoms with Crippen molar-refractivity contribution < 1.29 is 4.79 Å². The van der Waals surface area contributed by atoms with E-state index in [9.17, 15) is 4.79 Å². The van der Waals surface area contributed by atoms with E-state index in [4.69, 9.17) is 0 Å². The topological polar surface area (TPSA) is 54.9 Å². The van der Waals surface area contributed by atoms with Gasteiger partial charge in [0.05, 0.1) is 10.6 Å². The van der Waals surface area contributed by atoms with Crippen LogP contribution in [0.4, 0.5) is 0 Å². The van der Waals surface area contributed by atoms with Crippen molar-refractivity contribution in [2.45, 2.75) is 39.0 Å². The molecule has 2 aromatic heterocycles. The lowest BCUT2D eigenvalue weighted by molar-refractivity contribution is 0.0952. The van der Waals surface area contributed by atoms with E-state index < -0.39 is 0 Å². The van der Waals surface area contributed by atoms with E-state index in [1.54, 1.807) is 17.5 Å². The number of rotatable bonds is 5. The van der Waals surface area contributed by atoms with Gasteiger partial charge in [0.15, 0.2) is 0 Å². The molecule has 3 rings (SSSR count). The summed E-state index contributed by atoms with van der Waals surface area (Å²) in [6.45, 7) is 2.68. The zero-order chi connectivity index (χ0) is 14.7. The second kappa shape index (κ2) is 6.35. The van der Waals surface area contributed by atoms with Gasteiger partial charge in [0.25, 0.3) is 5.91 Å². The molecule has 0 unspecified atom stereocenters. The van der Waals surface area contributed by atoms with Crippen LogP contribution in [0.5, 0.6) is 0 Å². The Morgan fingerprint density at radius 3 is 3.14 bits per heavy atom. The maximum Gasteiger partial charge on any atom is 0.252 e. The fourth-order valence-electron chi connectivity index (χ4n) is 2.61. The molecule has 2 heterocycles. The summed E-state index contributed by atoms with van der Waals surface area (Å²) in [6.07, 6.45) is 6.78. The van der Waals surface area contributed by atoms with Crippen molar-refractivity contribution in [2.24, 2.45) is 0 Å². The van der Waals surface area contributed by atoms with Crippen molar-refractivity contribution in [1.82, 2.24) is 15.3 Å². The lowest BCUT2D eigenvalue weighted by Crippen LogP contribution is -2.25. The van der Waals surface area contributed by atoms with Crippen LogP contribution in [0.1, 0.15) is 45.2 Å².